The van der Waals surface area contributed by atoms with Crippen molar-refractivity contribution in [2.24, 2.45) is 0 Å². The number of hydrogen-bond donors (Lipinski definition) is 1. The number of nitrogens with zero attached hydrogens (tertiary/aromatic N) is 1. The molecule has 180 valence electrons. The maximum Gasteiger partial charge on any atom is 0.339 e. The van der Waals surface area contributed by atoms with Crippen LogP contribution in [0.15, 0.2) is 32.3 Å². The quantitative estimate of drug-likeness (QED) is 0.659. The summed E-state index contributed by atoms with van der Waals surface area (Å²) in [4.78, 5) is 26.1. The molecule has 1 aromatic heterocycles. The Morgan fingerprint density at radius 3 is 2.24 bits per heavy atom. The first-order valence-corrected chi connectivity index (χ1v) is 12.6. The number of rotatable bonds is 7. The summed E-state index contributed by atoms with van der Waals surface area (Å²) in [6, 6.07) is 4.97. The predicted octanol–water partition coefficient (Wildman–Crippen LogP) is 2.92. The van der Waals surface area contributed by atoms with Crippen LogP contribution in [0.3, 0.4) is 0 Å². The van der Waals surface area contributed by atoms with E-state index in [1.807, 2.05) is 19.9 Å². The molecule has 33 heavy (non-hydrogen) atoms. The van der Waals surface area contributed by atoms with Crippen LogP contribution in [0.5, 0.6) is 5.75 Å². The molecule has 8 nitrogen and oxygen atoms in total. The number of benzene rings is 1. The highest BCUT2D eigenvalue weighted by atomic mass is 32.2. The molecule has 1 aliphatic rings. The lowest BCUT2D eigenvalue weighted by Gasteiger charge is -2.32. The lowest BCUT2D eigenvalue weighted by molar-refractivity contribution is -0.132. The number of aryl methyl sites for hydroxylation is 3. The van der Waals surface area contributed by atoms with Gasteiger partial charge in [-0.25, -0.2) is 17.9 Å². The van der Waals surface area contributed by atoms with Crippen LogP contribution in [0, 0.1) is 34.6 Å². The summed E-state index contributed by atoms with van der Waals surface area (Å²) >= 11 is 0. The molecule has 1 saturated heterocycles. The summed E-state index contributed by atoms with van der Waals surface area (Å²) in [6.45, 7) is 10.2. The third-order valence-corrected chi connectivity index (χ3v) is 7.90. The number of hydrogen-bond acceptors (Lipinski definition) is 6. The molecule has 0 unspecified atom stereocenters. The first-order valence-electron chi connectivity index (χ1n) is 11.1. The fourth-order valence-corrected chi connectivity index (χ4v) is 5.81. The van der Waals surface area contributed by atoms with Gasteiger partial charge in [0.05, 0.1) is 11.0 Å². The van der Waals surface area contributed by atoms with Crippen molar-refractivity contribution in [3.63, 3.8) is 0 Å². The number of likely N-dealkylation sites (tertiary alicyclic amines) is 1. The van der Waals surface area contributed by atoms with Crippen molar-refractivity contribution in [3.8, 4) is 5.75 Å². The van der Waals surface area contributed by atoms with E-state index in [2.05, 4.69) is 4.72 Å². The van der Waals surface area contributed by atoms with Gasteiger partial charge in [-0.05, 0) is 56.9 Å². The summed E-state index contributed by atoms with van der Waals surface area (Å²) in [5, 5.41) is 0. The Morgan fingerprint density at radius 1 is 1.06 bits per heavy atom. The Morgan fingerprint density at radius 2 is 1.67 bits per heavy atom. The molecule has 1 N–H and O–H groups in total. The van der Waals surface area contributed by atoms with Crippen LogP contribution < -0.4 is 15.1 Å². The van der Waals surface area contributed by atoms with Gasteiger partial charge in [-0.2, -0.15) is 0 Å². The smallest absolute Gasteiger partial charge is 0.339 e. The van der Waals surface area contributed by atoms with Crippen LogP contribution in [-0.2, 0) is 14.8 Å². The van der Waals surface area contributed by atoms with Crippen molar-refractivity contribution >= 4 is 15.9 Å². The molecule has 1 aliphatic heterocycles. The van der Waals surface area contributed by atoms with E-state index in [0.717, 1.165) is 22.3 Å². The summed E-state index contributed by atoms with van der Waals surface area (Å²) in [7, 11) is -3.72. The lowest BCUT2D eigenvalue weighted by atomic mass is 10.0. The zero-order valence-corrected chi connectivity index (χ0v) is 20.7. The number of piperidine rings is 1. The number of carbonyl (C=O) groups is 1. The third kappa shape index (κ3) is 6.03. The second-order valence-electron chi connectivity index (χ2n) is 8.66. The molecule has 0 saturated carbocycles. The third-order valence-electron chi connectivity index (χ3n) is 6.16. The van der Waals surface area contributed by atoms with Crippen LogP contribution in [0.4, 0.5) is 0 Å². The molecule has 2 aromatic rings. The lowest BCUT2D eigenvalue weighted by Crippen LogP contribution is -2.42. The molecule has 0 radical (unpaired) electrons. The van der Waals surface area contributed by atoms with E-state index in [4.69, 9.17) is 9.15 Å². The second kappa shape index (κ2) is 10.1. The van der Waals surface area contributed by atoms with Crippen LogP contribution in [-0.4, -0.2) is 45.0 Å². The number of nitrogens with one attached hydrogen (secondary N) is 1. The fraction of sp³-hybridized carbons (Fsp3) is 0.500. The van der Waals surface area contributed by atoms with Gasteiger partial charge >= 0.3 is 5.63 Å². The van der Waals surface area contributed by atoms with Gasteiger partial charge < -0.3 is 14.1 Å². The number of ether oxygens (including phenoxy) is 1. The van der Waals surface area contributed by atoms with Gasteiger partial charge in [-0.1, -0.05) is 6.07 Å². The minimum Gasteiger partial charge on any atom is -0.490 e. The zero-order chi connectivity index (χ0) is 24.3. The highest BCUT2D eigenvalue weighted by Crippen LogP contribution is 2.26. The van der Waals surface area contributed by atoms with Crippen molar-refractivity contribution < 1.29 is 22.4 Å². The number of carbonyl (C=O) groups excluding carboxylic acids is 1. The van der Waals surface area contributed by atoms with Gasteiger partial charge in [-0.3, -0.25) is 4.79 Å². The molecule has 0 spiro atoms. The van der Waals surface area contributed by atoms with Gasteiger partial charge in [-0.15, -0.1) is 0 Å². The van der Waals surface area contributed by atoms with Crippen LogP contribution in [0.25, 0.3) is 0 Å². The van der Waals surface area contributed by atoms with Gasteiger partial charge in [0.1, 0.15) is 17.6 Å². The minimum atomic E-state index is -3.72. The average molecular weight is 477 g/mol. The van der Waals surface area contributed by atoms with E-state index in [9.17, 15) is 18.0 Å². The predicted molar refractivity (Wildman–Crippen MR) is 125 cm³/mol. The highest BCUT2D eigenvalue weighted by molar-refractivity contribution is 7.89. The van der Waals surface area contributed by atoms with Gasteiger partial charge in [0.15, 0.2) is 0 Å². The summed E-state index contributed by atoms with van der Waals surface area (Å²) < 4.78 is 39.2. The SMILES string of the molecule is Cc1cc(OC2CCN(C(=O)CCNS(=O)(=O)c3c(C)c(C)cc(C)c3C)CC2)cc(=O)o1. The second-order valence-corrected chi connectivity index (χ2v) is 10.4. The molecule has 1 fully saturated rings. The number of amides is 1. The molecular weight excluding hydrogens is 444 g/mol. The Bertz CT molecular complexity index is 1170. The monoisotopic (exact) mass is 476 g/mol. The Labute approximate surface area is 195 Å². The number of sulfonamides is 1. The molecule has 2 heterocycles. The van der Waals surface area contributed by atoms with Gasteiger partial charge in [0.2, 0.25) is 15.9 Å². The molecule has 1 aromatic carbocycles. The summed E-state index contributed by atoms with van der Waals surface area (Å²) in [5.41, 5.74) is 2.85. The maximum absolute atomic E-state index is 12.9. The van der Waals surface area contributed by atoms with E-state index < -0.39 is 15.6 Å². The average Bonchev–Trinajstić information content (AvgIpc) is 2.72. The van der Waals surface area contributed by atoms with Gasteiger partial charge in [0.25, 0.3) is 0 Å². The molecular formula is C24H32N2O6S. The molecule has 0 aliphatic carbocycles. The first-order chi connectivity index (χ1) is 15.5. The normalized spacial score (nSPS) is 15.0. The maximum atomic E-state index is 12.9. The van der Waals surface area contributed by atoms with Crippen molar-refractivity contribution in [1.82, 2.24) is 9.62 Å². The van der Waals surface area contributed by atoms with Crippen molar-refractivity contribution in [2.45, 2.75) is 64.9 Å². The van der Waals surface area contributed by atoms with Crippen LogP contribution in [0.2, 0.25) is 0 Å². The fourth-order valence-electron chi connectivity index (χ4n) is 4.17. The zero-order valence-electron chi connectivity index (χ0n) is 19.9. The van der Waals surface area contributed by atoms with E-state index in [-0.39, 0.29) is 25.0 Å². The van der Waals surface area contributed by atoms with Crippen molar-refractivity contribution in [1.29, 1.82) is 0 Å². The molecule has 9 heteroatoms. The standard InChI is InChI=1S/C24H32N2O6S/c1-15-12-16(2)19(5)24(18(15)4)33(29,30)25-9-6-22(27)26-10-7-20(8-11-26)32-21-13-17(3)31-23(28)14-21/h12-14,20,25H,6-11H2,1-5H3. The van der Waals surface area contributed by atoms with Gasteiger partial charge in [0, 0.05) is 45.0 Å². The molecule has 1 amide bonds. The molecule has 0 atom stereocenters. The Hall–Kier alpha value is -2.65. The minimum absolute atomic E-state index is 0.0442. The van der Waals surface area contributed by atoms with E-state index in [1.165, 1.54) is 6.07 Å². The summed E-state index contributed by atoms with van der Waals surface area (Å²) in [5.74, 6) is 0.861. The highest BCUT2D eigenvalue weighted by Gasteiger charge is 2.25. The summed E-state index contributed by atoms with van der Waals surface area (Å²) in [6.07, 6.45) is 1.27. The topological polar surface area (TPSA) is 106 Å². The van der Waals surface area contributed by atoms with E-state index in [0.29, 0.717) is 42.3 Å². The largest absolute Gasteiger partial charge is 0.490 e. The molecule has 0 bridgehead atoms. The molecule has 3 rings (SSSR count). The van der Waals surface area contributed by atoms with E-state index >= 15 is 0 Å². The van der Waals surface area contributed by atoms with Crippen LogP contribution in [0.1, 0.15) is 47.3 Å². The van der Waals surface area contributed by atoms with Crippen molar-refractivity contribution in [2.75, 3.05) is 19.6 Å². The van der Waals surface area contributed by atoms with Crippen molar-refractivity contribution in [3.05, 3.63) is 56.6 Å². The van der Waals surface area contributed by atoms with Crippen LogP contribution >= 0.6 is 0 Å². The Balaban J connectivity index is 1.51. The van der Waals surface area contributed by atoms with E-state index in [1.54, 1.807) is 31.7 Å². The first kappa shape index (κ1) is 25.0. The Kier molecular flexibility index (Phi) is 7.64.